The van der Waals surface area contributed by atoms with E-state index in [0.717, 1.165) is 12.1 Å². The number of nitrogens with zero attached hydrogens (tertiary/aromatic N) is 1. The molecular formula is C8H7F2NO. The van der Waals surface area contributed by atoms with Crippen LogP contribution >= 0.6 is 0 Å². The van der Waals surface area contributed by atoms with Crippen molar-refractivity contribution in [1.82, 2.24) is 0 Å². The van der Waals surface area contributed by atoms with Crippen LogP contribution in [0.15, 0.2) is 23.4 Å². The van der Waals surface area contributed by atoms with Crippen molar-refractivity contribution in [3.63, 3.8) is 0 Å². The van der Waals surface area contributed by atoms with E-state index in [2.05, 4.69) is 5.18 Å². The van der Waals surface area contributed by atoms with Crippen LogP contribution in [0.3, 0.4) is 0 Å². The van der Waals surface area contributed by atoms with Gasteiger partial charge in [0.25, 0.3) is 0 Å². The van der Waals surface area contributed by atoms with Gasteiger partial charge in [0.1, 0.15) is 11.9 Å². The molecule has 0 heterocycles. The van der Waals surface area contributed by atoms with E-state index in [1.54, 1.807) is 0 Å². The molecular weight excluding hydrogens is 164 g/mol. The Bertz CT molecular complexity index is 299. The lowest BCUT2D eigenvalue weighted by Crippen LogP contribution is -1.85. The highest BCUT2D eigenvalue weighted by Gasteiger charge is 2.07. The number of benzene rings is 1. The molecule has 4 heteroatoms. The Morgan fingerprint density at radius 3 is 2.67 bits per heavy atom. The predicted octanol–water partition coefficient (Wildman–Crippen LogP) is 3.25. The lowest BCUT2D eigenvalue weighted by molar-refractivity contribution is 0.374. The Hall–Kier alpha value is -1.32. The fraction of sp³-hybridized carbons (Fsp3) is 0.250. The highest BCUT2D eigenvalue weighted by molar-refractivity contribution is 5.42. The van der Waals surface area contributed by atoms with Gasteiger partial charge in [-0.2, -0.15) is 0 Å². The normalized spacial score (nSPS) is 12.6. The highest BCUT2D eigenvalue weighted by atomic mass is 19.1. The molecule has 0 radical (unpaired) electrons. The molecule has 0 aliphatic rings. The van der Waals surface area contributed by atoms with E-state index in [-0.39, 0.29) is 11.3 Å². The molecule has 64 valence electrons. The van der Waals surface area contributed by atoms with Crippen LogP contribution in [0.25, 0.3) is 0 Å². The summed E-state index contributed by atoms with van der Waals surface area (Å²) in [5.41, 5.74) is -0.0944. The zero-order chi connectivity index (χ0) is 9.14. The van der Waals surface area contributed by atoms with Gasteiger partial charge in [-0.15, -0.1) is 4.91 Å². The van der Waals surface area contributed by atoms with E-state index in [9.17, 15) is 13.7 Å². The maximum absolute atomic E-state index is 12.6. The van der Waals surface area contributed by atoms with Crippen LogP contribution in [0.2, 0.25) is 0 Å². The van der Waals surface area contributed by atoms with E-state index >= 15 is 0 Å². The quantitative estimate of drug-likeness (QED) is 0.628. The molecule has 0 N–H and O–H groups in total. The van der Waals surface area contributed by atoms with Crippen molar-refractivity contribution in [2.24, 2.45) is 5.18 Å². The minimum absolute atomic E-state index is 0.256. The monoisotopic (exact) mass is 171 g/mol. The van der Waals surface area contributed by atoms with E-state index in [1.165, 1.54) is 13.0 Å². The molecule has 0 saturated carbocycles. The first-order valence-electron chi connectivity index (χ1n) is 3.42. The van der Waals surface area contributed by atoms with E-state index < -0.39 is 12.0 Å². The third-order valence-electron chi connectivity index (χ3n) is 1.53. The minimum atomic E-state index is -1.22. The van der Waals surface area contributed by atoms with Gasteiger partial charge in [-0.1, -0.05) is 6.07 Å². The SMILES string of the molecule is CC(F)c1ccc(F)c(N=O)c1. The summed E-state index contributed by atoms with van der Waals surface area (Å²) in [5, 5.41) is 2.42. The van der Waals surface area contributed by atoms with Crippen LogP contribution in [0.5, 0.6) is 0 Å². The van der Waals surface area contributed by atoms with Crippen molar-refractivity contribution < 1.29 is 8.78 Å². The van der Waals surface area contributed by atoms with Gasteiger partial charge in [-0.3, -0.25) is 0 Å². The molecule has 0 spiro atoms. The summed E-state index contributed by atoms with van der Waals surface area (Å²) in [6, 6.07) is 3.42. The van der Waals surface area contributed by atoms with Gasteiger partial charge in [0, 0.05) is 0 Å². The summed E-state index contributed by atoms with van der Waals surface area (Å²) >= 11 is 0. The fourth-order valence-electron chi connectivity index (χ4n) is 0.847. The van der Waals surface area contributed by atoms with E-state index in [0.29, 0.717) is 0 Å². The largest absolute Gasteiger partial charge is 0.243 e. The third-order valence-corrected chi connectivity index (χ3v) is 1.53. The highest BCUT2D eigenvalue weighted by Crippen LogP contribution is 2.24. The van der Waals surface area contributed by atoms with Crippen LogP contribution in [-0.2, 0) is 0 Å². The van der Waals surface area contributed by atoms with Gasteiger partial charge in [-0.05, 0) is 29.8 Å². The second-order valence-electron chi connectivity index (χ2n) is 2.42. The summed E-state index contributed by atoms with van der Waals surface area (Å²) in [5.74, 6) is -0.727. The predicted molar refractivity (Wildman–Crippen MR) is 41.4 cm³/mol. The molecule has 2 nitrogen and oxygen atoms in total. The first-order valence-corrected chi connectivity index (χ1v) is 3.42. The second kappa shape index (κ2) is 3.38. The molecule has 0 bridgehead atoms. The zero-order valence-electron chi connectivity index (χ0n) is 6.42. The first kappa shape index (κ1) is 8.77. The van der Waals surface area contributed by atoms with Crippen LogP contribution in [-0.4, -0.2) is 0 Å². The number of rotatable bonds is 2. The molecule has 1 aromatic rings. The Kier molecular flexibility index (Phi) is 2.47. The maximum atomic E-state index is 12.6. The number of hydrogen-bond donors (Lipinski definition) is 0. The van der Waals surface area contributed by atoms with Crippen molar-refractivity contribution in [3.05, 3.63) is 34.5 Å². The lowest BCUT2D eigenvalue weighted by Gasteiger charge is -2.01. The van der Waals surface area contributed by atoms with Gasteiger partial charge in [0.15, 0.2) is 5.82 Å². The minimum Gasteiger partial charge on any atom is -0.243 e. The van der Waals surface area contributed by atoms with Crippen molar-refractivity contribution in [1.29, 1.82) is 0 Å². The van der Waals surface area contributed by atoms with Crippen LogP contribution in [0, 0.1) is 10.7 Å². The summed E-state index contributed by atoms with van der Waals surface area (Å²) in [6.45, 7) is 1.31. The Labute approximate surface area is 68.2 Å². The van der Waals surface area contributed by atoms with E-state index in [4.69, 9.17) is 0 Å². The fourth-order valence-corrected chi connectivity index (χ4v) is 0.847. The molecule has 12 heavy (non-hydrogen) atoms. The molecule has 0 amide bonds. The third kappa shape index (κ3) is 1.64. The van der Waals surface area contributed by atoms with Gasteiger partial charge in [0.2, 0.25) is 0 Å². The molecule has 1 unspecified atom stereocenters. The van der Waals surface area contributed by atoms with Gasteiger partial charge in [0.05, 0.1) is 0 Å². The Morgan fingerprint density at radius 2 is 2.17 bits per heavy atom. The molecule has 1 rings (SSSR count). The molecule has 0 aliphatic carbocycles. The van der Waals surface area contributed by atoms with Crippen LogP contribution in [0.1, 0.15) is 18.7 Å². The number of halogens is 2. The first-order chi connectivity index (χ1) is 5.65. The second-order valence-corrected chi connectivity index (χ2v) is 2.42. The molecule has 0 aromatic heterocycles. The zero-order valence-corrected chi connectivity index (χ0v) is 6.42. The molecule has 0 aliphatic heterocycles. The van der Waals surface area contributed by atoms with E-state index in [1.807, 2.05) is 0 Å². The van der Waals surface area contributed by atoms with Gasteiger partial charge < -0.3 is 0 Å². The number of alkyl halides is 1. The molecule has 0 fully saturated rings. The van der Waals surface area contributed by atoms with Crippen LogP contribution < -0.4 is 0 Å². The molecule has 1 atom stereocenters. The summed E-state index contributed by atoms with van der Waals surface area (Å²) < 4.78 is 25.2. The average molecular weight is 171 g/mol. The van der Waals surface area contributed by atoms with Gasteiger partial charge >= 0.3 is 0 Å². The van der Waals surface area contributed by atoms with Crippen LogP contribution in [0.4, 0.5) is 14.5 Å². The standard InChI is InChI=1S/C8H7F2NO/c1-5(9)6-2-3-7(10)8(4-6)11-12/h2-5H,1H3. The number of hydrogen-bond acceptors (Lipinski definition) is 2. The molecule has 0 saturated heterocycles. The summed E-state index contributed by atoms with van der Waals surface area (Å²) in [7, 11) is 0. The van der Waals surface area contributed by atoms with Gasteiger partial charge in [-0.25, -0.2) is 8.78 Å². The topological polar surface area (TPSA) is 29.4 Å². The Balaban J connectivity index is 3.13. The summed E-state index contributed by atoms with van der Waals surface area (Å²) in [6.07, 6.45) is -1.22. The lowest BCUT2D eigenvalue weighted by atomic mass is 10.1. The van der Waals surface area contributed by atoms with Crippen molar-refractivity contribution in [3.8, 4) is 0 Å². The Morgan fingerprint density at radius 1 is 1.50 bits per heavy atom. The average Bonchev–Trinajstić information content (AvgIpc) is 2.05. The summed E-state index contributed by atoms with van der Waals surface area (Å²) in [4.78, 5) is 9.99. The van der Waals surface area contributed by atoms with Crippen molar-refractivity contribution >= 4 is 5.69 Å². The number of nitroso groups, excluding NO2 is 1. The maximum Gasteiger partial charge on any atom is 0.152 e. The smallest absolute Gasteiger partial charge is 0.152 e. The van der Waals surface area contributed by atoms with Crippen molar-refractivity contribution in [2.75, 3.05) is 0 Å². The molecule has 1 aromatic carbocycles. The van der Waals surface area contributed by atoms with Crippen molar-refractivity contribution in [2.45, 2.75) is 13.1 Å².